The number of carboxylic acid groups (broad SMARTS) is 1. The predicted molar refractivity (Wildman–Crippen MR) is 62.6 cm³/mol. The molecule has 1 heterocycles. The highest BCUT2D eigenvalue weighted by Crippen LogP contribution is 2.49. The van der Waals surface area contributed by atoms with E-state index >= 15 is 0 Å². The van der Waals surface area contributed by atoms with Crippen LogP contribution >= 0.6 is 11.3 Å². The van der Waals surface area contributed by atoms with E-state index < -0.39 is 11.4 Å². The van der Waals surface area contributed by atoms with Crippen LogP contribution in [-0.2, 0) is 11.2 Å². The lowest BCUT2D eigenvalue weighted by molar-refractivity contribution is -0.143. The minimum atomic E-state index is -0.674. The van der Waals surface area contributed by atoms with E-state index in [2.05, 4.69) is 4.98 Å². The highest BCUT2D eigenvalue weighted by Gasteiger charge is 2.50. The fraction of sp³-hybridized carbons (Fsp3) is 0.333. The summed E-state index contributed by atoms with van der Waals surface area (Å²) in [6.07, 6.45) is 2.16. The van der Waals surface area contributed by atoms with Gasteiger partial charge in [0.15, 0.2) is 0 Å². The topological polar surface area (TPSA) is 50.2 Å². The zero-order chi connectivity index (χ0) is 11.2. The maximum Gasteiger partial charge on any atom is 0.310 e. The molecule has 0 aliphatic heterocycles. The molecule has 1 aliphatic carbocycles. The molecule has 2 aromatic rings. The normalized spacial score (nSPS) is 17.5. The van der Waals surface area contributed by atoms with Crippen molar-refractivity contribution in [2.75, 3.05) is 0 Å². The first-order valence-electron chi connectivity index (χ1n) is 5.27. The van der Waals surface area contributed by atoms with E-state index in [1.165, 1.54) is 0 Å². The van der Waals surface area contributed by atoms with E-state index in [9.17, 15) is 4.79 Å². The molecule has 0 unspecified atom stereocenters. The fourth-order valence-electron chi connectivity index (χ4n) is 1.90. The number of hydrogen-bond donors (Lipinski definition) is 1. The Morgan fingerprint density at radius 3 is 2.81 bits per heavy atom. The van der Waals surface area contributed by atoms with E-state index in [1.54, 1.807) is 11.3 Å². The minimum Gasteiger partial charge on any atom is -0.481 e. The Morgan fingerprint density at radius 2 is 2.19 bits per heavy atom. The summed E-state index contributed by atoms with van der Waals surface area (Å²) in [6, 6.07) is 7.93. The number of benzene rings is 1. The second kappa shape index (κ2) is 3.28. The van der Waals surface area contributed by atoms with E-state index in [1.807, 2.05) is 24.3 Å². The number of rotatable bonds is 3. The van der Waals surface area contributed by atoms with Gasteiger partial charge in [-0.15, -0.1) is 11.3 Å². The number of para-hydroxylation sites is 1. The zero-order valence-electron chi connectivity index (χ0n) is 8.64. The van der Waals surface area contributed by atoms with Gasteiger partial charge in [-0.1, -0.05) is 12.1 Å². The van der Waals surface area contributed by atoms with Crippen molar-refractivity contribution in [1.29, 1.82) is 0 Å². The van der Waals surface area contributed by atoms with Gasteiger partial charge in [-0.2, -0.15) is 0 Å². The molecule has 0 spiro atoms. The Labute approximate surface area is 96.7 Å². The van der Waals surface area contributed by atoms with Crippen LogP contribution in [0.2, 0.25) is 0 Å². The number of aliphatic carboxylic acids is 1. The van der Waals surface area contributed by atoms with Gasteiger partial charge in [-0.3, -0.25) is 4.79 Å². The largest absolute Gasteiger partial charge is 0.481 e. The van der Waals surface area contributed by atoms with Crippen molar-refractivity contribution in [1.82, 2.24) is 4.98 Å². The summed E-state index contributed by atoms with van der Waals surface area (Å²) < 4.78 is 1.14. The molecule has 3 nitrogen and oxygen atoms in total. The highest BCUT2D eigenvalue weighted by molar-refractivity contribution is 7.18. The second-order valence-corrected chi connectivity index (χ2v) is 5.45. The number of thiazole rings is 1. The summed E-state index contributed by atoms with van der Waals surface area (Å²) in [5.74, 6) is -0.674. The van der Waals surface area contributed by atoms with Crippen LogP contribution in [0.1, 0.15) is 17.8 Å². The van der Waals surface area contributed by atoms with Crippen molar-refractivity contribution < 1.29 is 9.90 Å². The van der Waals surface area contributed by atoms with E-state index in [4.69, 9.17) is 5.11 Å². The molecule has 1 aromatic heterocycles. The van der Waals surface area contributed by atoms with Crippen LogP contribution in [0, 0.1) is 5.41 Å². The molecular formula is C12H11NO2S. The van der Waals surface area contributed by atoms with Gasteiger partial charge in [0.1, 0.15) is 0 Å². The molecule has 0 radical (unpaired) electrons. The van der Waals surface area contributed by atoms with Crippen LogP contribution in [0.3, 0.4) is 0 Å². The Bertz CT molecular complexity index is 524. The van der Waals surface area contributed by atoms with Gasteiger partial charge in [0.05, 0.1) is 20.6 Å². The van der Waals surface area contributed by atoms with E-state index in [-0.39, 0.29) is 0 Å². The van der Waals surface area contributed by atoms with Gasteiger partial charge in [-0.25, -0.2) is 4.98 Å². The molecule has 82 valence electrons. The lowest BCUT2D eigenvalue weighted by Gasteiger charge is -2.05. The number of hydrogen-bond acceptors (Lipinski definition) is 3. The maximum absolute atomic E-state index is 11.1. The first-order valence-corrected chi connectivity index (χ1v) is 6.09. The van der Waals surface area contributed by atoms with Crippen LogP contribution in [0.15, 0.2) is 24.3 Å². The summed E-state index contributed by atoms with van der Waals surface area (Å²) in [6.45, 7) is 0. The van der Waals surface area contributed by atoms with Gasteiger partial charge < -0.3 is 5.11 Å². The molecule has 16 heavy (non-hydrogen) atoms. The molecule has 4 heteroatoms. The summed E-state index contributed by atoms with van der Waals surface area (Å²) in [4.78, 5) is 15.6. The van der Waals surface area contributed by atoms with Crippen LogP contribution in [0.5, 0.6) is 0 Å². The molecule has 0 atom stereocenters. The molecule has 0 saturated heterocycles. The van der Waals surface area contributed by atoms with Gasteiger partial charge in [0, 0.05) is 6.42 Å². The van der Waals surface area contributed by atoms with Crippen LogP contribution in [0.25, 0.3) is 10.2 Å². The Balaban J connectivity index is 1.93. The van der Waals surface area contributed by atoms with Crippen molar-refractivity contribution in [3.63, 3.8) is 0 Å². The minimum absolute atomic E-state index is 0.506. The van der Waals surface area contributed by atoms with Crippen LogP contribution in [0.4, 0.5) is 0 Å². The van der Waals surface area contributed by atoms with Gasteiger partial charge >= 0.3 is 5.97 Å². The highest BCUT2D eigenvalue weighted by atomic mass is 32.1. The van der Waals surface area contributed by atoms with E-state index in [0.29, 0.717) is 6.42 Å². The SMILES string of the molecule is O=C(O)C1(Cc2nc3ccccc3s2)CC1. The standard InChI is InChI=1S/C12H11NO2S/c14-11(15)12(5-6-12)7-10-13-8-3-1-2-4-9(8)16-10/h1-4H,5-7H2,(H,14,15). The predicted octanol–water partition coefficient (Wildman–Crippen LogP) is 2.70. The third-order valence-corrected chi connectivity index (χ3v) is 4.17. The van der Waals surface area contributed by atoms with Crippen molar-refractivity contribution >= 4 is 27.5 Å². The lowest BCUT2D eigenvalue weighted by Crippen LogP contribution is -2.17. The molecule has 0 amide bonds. The van der Waals surface area contributed by atoms with Crippen molar-refractivity contribution in [3.05, 3.63) is 29.3 Å². The Kier molecular flexibility index (Phi) is 2.01. The molecule has 1 fully saturated rings. The number of carboxylic acids is 1. The molecule has 3 rings (SSSR count). The van der Waals surface area contributed by atoms with E-state index in [0.717, 1.165) is 28.1 Å². The number of nitrogens with zero attached hydrogens (tertiary/aromatic N) is 1. The Hall–Kier alpha value is -1.42. The van der Waals surface area contributed by atoms with Crippen molar-refractivity contribution in [2.45, 2.75) is 19.3 Å². The molecule has 1 aliphatic rings. The van der Waals surface area contributed by atoms with Crippen molar-refractivity contribution in [2.24, 2.45) is 5.41 Å². The number of carbonyl (C=O) groups is 1. The summed E-state index contributed by atoms with van der Waals surface area (Å²) >= 11 is 1.61. The monoisotopic (exact) mass is 233 g/mol. The van der Waals surface area contributed by atoms with Crippen molar-refractivity contribution in [3.8, 4) is 0 Å². The molecule has 1 aromatic carbocycles. The maximum atomic E-state index is 11.1. The average molecular weight is 233 g/mol. The Morgan fingerprint density at radius 1 is 1.44 bits per heavy atom. The third-order valence-electron chi connectivity index (χ3n) is 3.14. The number of fused-ring (bicyclic) bond motifs is 1. The van der Waals surface area contributed by atoms with Crippen LogP contribution < -0.4 is 0 Å². The molecule has 1 N–H and O–H groups in total. The van der Waals surface area contributed by atoms with Gasteiger partial charge in [0.25, 0.3) is 0 Å². The summed E-state index contributed by atoms with van der Waals surface area (Å²) in [7, 11) is 0. The first kappa shape index (κ1) is 9.78. The van der Waals surface area contributed by atoms with Gasteiger partial charge in [-0.05, 0) is 25.0 Å². The average Bonchev–Trinajstić information content (AvgIpc) is 2.92. The second-order valence-electron chi connectivity index (χ2n) is 4.34. The molecule has 1 saturated carbocycles. The number of aromatic nitrogens is 1. The fourth-order valence-corrected chi connectivity index (χ4v) is 3.01. The zero-order valence-corrected chi connectivity index (χ0v) is 9.46. The summed E-state index contributed by atoms with van der Waals surface area (Å²) in [5.41, 5.74) is 0.470. The van der Waals surface area contributed by atoms with Gasteiger partial charge in [0.2, 0.25) is 0 Å². The third kappa shape index (κ3) is 1.50. The smallest absolute Gasteiger partial charge is 0.310 e. The lowest BCUT2D eigenvalue weighted by atomic mass is 10.0. The molecule has 0 bridgehead atoms. The summed E-state index contributed by atoms with van der Waals surface area (Å²) in [5, 5.41) is 10.1. The quantitative estimate of drug-likeness (QED) is 0.886. The van der Waals surface area contributed by atoms with Crippen LogP contribution in [-0.4, -0.2) is 16.1 Å². The first-order chi connectivity index (χ1) is 7.70. The molecular weight excluding hydrogens is 222 g/mol.